The van der Waals surface area contributed by atoms with Gasteiger partial charge in [-0.05, 0) is 26.0 Å². The molecule has 262 valence electrons. The van der Waals surface area contributed by atoms with Gasteiger partial charge in [0.1, 0.15) is 41.5 Å². The van der Waals surface area contributed by atoms with E-state index >= 15 is 0 Å². The molecule has 12 unspecified atom stereocenters. The van der Waals surface area contributed by atoms with Crippen LogP contribution >= 0.6 is 0 Å². The van der Waals surface area contributed by atoms with Crippen LogP contribution in [-0.4, -0.2) is 116 Å². The monoisotopic (exact) mass is 677 g/mol. The van der Waals surface area contributed by atoms with E-state index in [0.717, 1.165) is 27.7 Å². The summed E-state index contributed by atoms with van der Waals surface area (Å²) in [5, 5.41) is 37.2. The van der Waals surface area contributed by atoms with E-state index < -0.39 is 119 Å². The van der Waals surface area contributed by atoms with Crippen molar-refractivity contribution >= 4 is 35.6 Å². The van der Waals surface area contributed by atoms with Crippen LogP contribution in [0, 0.1) is 17.3 Å². The number of Topliss-reactive ketones (excluding diaryl/α,β-unsaturated/α-hetero) is 1. The second kappa shape index (κ2) is 11.9. The standard InChI is InChI=1S/C32H39NO15/c1-13-14(2)27(40)47-26-22(45-16(4)35)24(39)31(12-43-15(3)34)25(46-17(5)36)21(37)19-23(38)32(31,30(26,7)42)48-29(19,6)11-44-28(41)18-9-8-10-33-20(13)18/h8-10,13-14,19,22-26,38-39,42H,11-12H2,1-7H3. The van der Waals surface area contributed by atoms with Crippen LogP contribution in [0.1, 0.15) is 70.4 Å². The molecule has 5 rings (SSSR count). The highest BCUT2D eigenvalue weighted by molar-refractivity contribution is 5.94. The SMILES string of the molecule is CC(=O)OCC12C(OC(C)=O)C(=O)C3C(O)C14OC3(C)COC(=O)c1cccnc1C(C)C(C)C(=O)OC(C(OC(C)=O)C2O)C4(C)O. The van der Waals surface area contributed by atoms with Crippen molar-refractivity contribution in [2.45, 2.75) is 102 Å². The van der Waals surface area contributed by atoms with Crippen molar-refractivity contribution in [3.8, 4) is 0 Å². The van der Waals surface area contributed by atoms with Crippen LogP contribution in [0.3, 0.4) is 0 Å². The lowest BCUT2D eigenvalue weighted by molar-refractivity contribution is -0.376. The molecule has 3 fully saturated rings. The van der Waals surface area contributed by atoms with E-state index in [2.05, 4.69) is 4.98 Å². The Morgan fingerprint density at radius 2 is 1.62 bits per heavy atom. The number of aliphatic hydroxyl groups excluding tert-OH is 2. The van der Waals surface area contributed by atoms with Gasteiger partial charge >= 0.3 is 29.8 Å². The molecule has 2 aliphatic heterocycles. The van der Waals surface area contributed by atoms with Crippen molar-refractivity contribution in [2.24, 2.45) is 17.3 Å². The van der Waals surface area contributed by atoms with E-state index in [1.54, 1.807) is 6.92 Å². The molecule has 0 aromatic carbocycles. The van der Waals surface area contributed by atoms with Crippen molar-refractivity contribution < 1.29 is 72.5 Å². The van der Waals surface area contributed by atoms with Crippen LogP contribution in [0.5, 0.6) is 0 Å². The number of hydrogen-bond donors (Lipinski definition) is 3. The van der Waals surface area contributed by atoms with Gasteiger partial charge in [-0.15, -0.1) is 0 Å². The first kappa shape index (κ1) is 35.3. The zero-order valence-electron chi connectivity index (χ0n) is 27.5. The highest BCUT2D eigenvalue weighted by atomic mass is 16.6. The maximum Gasteiger partial charge on any atom is 0.340 e. The quantitative estimate of drug-likeness (QED) is 0.270. The second-order valence-corrected chi connectivity index (χ2v) is 13.4. The van der Waals surface area contributed by atoms with E-state index in [1.807, 2.05) is 0 Å². The molecule has 0 radical (unpaired) electrons. The number of hydrogen-bond acceptors (Lipinski definition) is 16. The molecule has 1 aromatic heterocycles. The van der Waals surface area contributed by atoms with Gasteiger partial charge in [-0.2, -0.15) is 0 Å². The van der Waals surface area contributed by atoms with Gasteiger partial charge in [-0.1, -0.05) is 13.8 Å². The maximum absolute atomic E-state index is 14.5. The van der Waals surface area contributed by atoms with E-state index in [-0.39, 0.29) is 11.3 Å². The number of ether oxygens (including phenoxy) is 6. The van der Waals surface area contributed by atoms with Crippen molar-refractivity contribution in [3.05, 3.63) is 29.6 Å². The Bertz CT molecular complexity index is 1560. The second-order valence-electron chi connectivity index (χ2n) is 13.4. The first-order valence-corrected chi connectivity index (χ1v) is 15.4. The third kappa shape index (κ3) is 4.82. The minimum absolute atomic E-state index is 0.0151. The minimum atomic E-state index is -2.73. The fourth-order valence-electron chi connectivity index (χ4n) is 8.09. The zero-order chi connectivity index (χ0) is 35.7. The number of aromatic nitrogens is 1. The Kier molecular flexibility index (Phi) is 8.73. The van der Waals surface area contributed by atoms with Crippen molar-refractivity contribution in [3.63, 3.8) is 0 Å². The Balaban J connectivity index is 1.85. The molecule has 16 nitrogen and oxygen atoms in total. The maximum atomic E-state index is 14.5. The van der Waals surface area contributed by atoms with Gasteiger partial charge in [0.2, 0.25) is 0 Å². The van der Waals surface area contributed by atoms with Crippen molar-refractivity contribution in [1.29, 1.82) is 0 Å². The lowest BCUT2D eigenvalue weighted by Gasteiger charge is -2.66. The number of rotatable bonds is 4. The largest absolute Gasteiger partial charge is 0.465 e. The van der Waals surface area contributed by atoms with Gasteiger partial charge in [-0.25, -0.2) is 4.79 Å². The highest BCUT2D eigenvalue weighted by Gasteiger charge is 2.89. The molecule has 0 amide bonds. The Hall–Kier alpha value is -3.99. The lowest BCUT2D eigenvalue weighted by atomic mass is 9.45. The van der Waals surface area contributed by atoms with Gasteiger partial charge in [0, 0.05) is 32.9 Å². The van der Waals surface area contributed by atoms with Crippen LogP contribution in [0.15, 0.2) is 18.3 Å². The summed E-state index contributed by atoms with van der Waals surface area (Å²) in [6.07, 6.45) is -9.13. The average molecular weight is 678 g/mol. The van der Waals surface area contributed by atoms with E-state index in [9.17, 15) is 44.1 Å². The molecule has 2 aliphatic carbocycles. The number of esters is 5. The number of ketones is 1. The number of carbonyl (C=O) groups excluding carboxylic acids is 6. The summed E-state index contributed by atoms with van der Waals surface area (Å²) in [5.74, 6) is -9.55. The third-order valence-electron chi connectivity index (χ3n) is 10.4. The zero-order valence-corrected chi connectivity index (χ0v) is 27.5. The predicted molar refractivity (Wildman–Crippen MR) is 156 cm³/mol. The summed E-state index contributed by atoms with van der Waals surface area (Å²) in [6.45, 7) is 6.60. The molecular formula is C32H39NO15. The molecule has 12 atom stereocenters. The fourth-order valence-corrected chi connectivity index (χ4v) is 8.09. The topological polar surface area (TPSA) is 231 Å². The summed E-state index contributed by atoms with van der Waals surface area (Å²) >= 11 is 0. The first-order chi connectivity index (χ1) is 22.3. The number of aliphatic hydroxyl groups is 3. The van der Waals surface area contributed by atoms with Crippen LogP contribution in [0.4, 0.5) is 0 Å². The molecule has 48 heavy (non-hydrogen) atoms. The predicted octanol–water partition coefficient (Wildman–Crippen LogP) is -0.471. The van der Waals surface area contributed by atoms with E-state index in [0.29, 0.717) is 0 Å². The molecular weight excluding hydrogens is 638 g/mol. The van der Waals surface area contributed by atoms with Crippen LogP contribution in [0.25, 0.3) is 0 Å². The average Bonchev–Trinajstić information content (AvgIpc) is 3.21. The third-order valence-corrected chi connectivity index (χ3v) is 10.4. The Labute approximate surface area is 275 Å². The molecule has 3 heterocycles. The molecule has 1 spiro atoms. The Morgan fingerprint density at radius 3 is 2.23 bits per heavy atom. The number of nitrogens with zero attached hydrogens (tertiary/aromatic N) is 1. The number of carbonyl (C=O) groups is 6. The van der Waals surface area contributed by atoms with Crippen LogP contribution in [0.2, 0.25) is 0 Å². The van der Waals surface area contributed by atoms with Crippen LogP contribution in [-0.2, 0) is 52.4 Å². The van der Waals surface area contributed by atoms with Crippen LogP contribution < -0.4 is 0 Å². The van der Waals surface area contributed by atoms with Gasteiger partial charge < -0.3 is 43.7 Å². The molecule has 3 N–H and O–H groups in total. The van der Waals surface area contributed by atoms with Crippen molar-refractivity contribution in [1.82, 2.24) is 4.98 Å². The lowest BCUT2D eigenvalue weighted by Crippen LogP contribution is -2.88. The molecule has 1 aromatic rings. The number of cyclic esters (lactones) is 1. The Morgan fingerprint density at radius 1 is 0.979 bits per heavy atom. The number of fused-ring (bicyclic) bond motifs is 5. The first-order valence-electron chi connectivity index (χ1n) is 15.4. The van der Waals surface area contributed by atoms with Gasteiger partial charge in [0.15, 0.2) is 24.1 Å². The molecule has 1 saturated heterocycles. The molecule has 16 heteroatoms. The van der Waals surface area contributed by atoms with E-state index in [1.165, 1.54) is 32.2 Å². The highest BCUT2D eigenvalue weighted by Crippen LogP contribution is 2.67. The fraction of sp³-hybridized carbons (Fsp3) is 0.656. The molecule has 4 bridgehead atoms. The summed E-state index contributed by atoms with van der Waals surface area (Å²) < 4.78 is 34.4. The van der Waals surface area contributed by atoms with Gasteiger partial charge in [-0.3, -0.25) is 29.0 Å². The minimum Gasteiger partial charge on any atom is -0.465 e. The van der Waals surface area contributed by atoms with E-state index in [4.69, 9.17) is 28.4 Å². The van der Waals surface area contributed by atoms with Gasteiger partial charge in [0.05, 0.1) is 29.2 Å². The summed E-state index contributed by atoms with van der Waals surface area (Å²) in [5.41, 5.74) is -9.91. The summed E-state index contributed by atoms with van der Waals surface area (Å²) in [7, 11) is 0. The van der Waals surface area contributed by atoms with Gasteiger partial charge in [0.25, 0.3) is 0 Å². The smallest absolute Gasteiger partial charge is 0.340 e. The normalized spacial score (nSPS) is 42.1. The summed E-state index contributed by atoms with van der Waals surface area (Å²) in [4.78, 5) is 83.5. The summed E-state index contributed by atoms with van der Waals surface area (Å²) in [6, 6.07) is 2.90. The molecule has 4 aliphatic rings. The number of pyridine rings is 1. The molecule has 2 saturated carbocycles. The van der Waals surface area contributed by atoms with Crippen molar-refractivity contribution in [2.75, 3.05) is 13.2 Å².